The van der Waals surface area contributed by atoms with Gasteiger partial charge in [-0.1, -0.05) is 221 Å². The first-order valence-electron chi connectivity index (χ1n) is 37.4. The first-order chi connectivity index (χ1) is 47.3. The zero-order chi connectivity index (χ0) is 73.9. The Balaban J connectivity index is 0.000000664. The van der Waals surface area contributed by atoms with Crippen molar-refractivity contribution < 1.29 is 34.0 Å². The van der Waals surface area contributed by atoms with Crippen LogP contribution >= 0.6 is 0 Å². The number of anilines is 4. The summed E-state index contributed by atoms with van der Waals surface area (Å²) in [6.07, 6.45) is 22.1. The van der Waals surface area contributed by atoms with Crippen LogP contribution in [0.25, 0.3) is 0 Å². The summed E-state index contributed by atoms with van der Waals surface area (Å²) in [4.78, 5) is 36.5. The molecule has 2 N–H and O–H groups in total. The van der Waals surface area contributed by atoms with Gasteiger partial charge in [0.25, 0.3) is 0 Å². The number of carbonyl (C=O) groups excluding carboxylic acids is 2. The van der Waals surface area contributed by atoms with E-state index >= 15 is 0 Å². The third-order valence-electron chi connectivity index (χ3n) is 18.9. The van der Waals surface area contributed by atoms with Crippen LogP contribution in [0.3, 0.4) is 0 Å². The largest absolute Gasteiger partial charge is 0.870 e. The molecule has 14 heteroatoms. The number of oxime groups is 1. The van der Waals surface area contributed by atoms with E-state index < -0.39 is 11.2 Å². The molecule has 556 valence electrons. The maximum absolute atomic E-state index is 11.9. The van der Waals surface area contributed by atoms with Crippen molar-refractivity contribution in [2.24, 2.45) is 10.3 Å². The maximum atomic E-state index is 11.9. The highest BCUT2D eigenvalue weighted by atomic mass is 16.7. The van der Waals surface area contributed by atoms with E-state index in [-0.39, 0.29) is 22.8 Å². The predicted octanol–water partition coefficient (Wildman–Crippen LogP) is 19.6. The van der Waals surface area contributed by atoms with Gasteiger partial charge in [-0.3, -0.25) is 9.59 Å². The van der Waals surface area contributed by atoms with Gasteiger partial charge in [0.15, 0.2) is 11.6 Å². The summed E-state index contributed by atoms with van der Waals surface area (Å²) in [7, 11) is 16.1. The standard InChI is InChI=1S/C27H31N3O2.C23H26N2O.2C16H36N.C4H7NO2.H2O/c1-20(21(2)31)28-32-27(22-10-8-7-9-11-22,23-12-16-25(17-13-23)29(3)4)24-14-18-26(19-15-24)30(5)6;1-24(2)21-14-10-19(11-15-21)23(26,18-8-6-5-7-9-18)20-12-16-22(17-13-20)25(3)4;2*1-5-9-13-17(14-10-6-2,15-11-7-3)16-12-8-4;1-3(5-7)4(2)6;/h7-19H,1-6H3;5-17,26H,1-4H3;2*5-16H2,1-4H3;7H,1-2H3;1H2/q;;2*+1;;/p-2/b28-20+;;;;5-3+;. The van der Waals surface area contributed by atoms with Crippen LogP contribution in [0.1, 0.15) is 219 Å². The molecular formula is C86H136N8O6. The first kappa shape index (κ1) is 90.7. The quantitative estimate of drug-likeness (QED) is 0.0171. The summed E-state index contributed by atoms with van der Waals surface area (Å²) in [5.41, 5.74) is 7.84. The molecule has 0 spiro atoms. The fourth-order valence-electron chi connectivity index (χ4n) is 12.1. The Hall–Kier alpha value is -7.36. The molecule has 0 atom stereocenters. The van der Waals surface area contributed by atoms with Gasteiger partial charge in [-0.15, -0.1) is 0 Å². The van der Waals surface area contributed by atoms with Gasteiger partial charge in [-0.2, -0.15) is 0 Å². The Morgan fingerprint density at radius 3 is 0.770 bits per heavy atom. The van der Waals surface area contributed by atoms with Gasteiger partial charge in [0, 0.05) is 110 Å². The number of hydrogen-bond acceptors (Lipinski definition) is 12. The molecule has 0 heterocycles. The summed E-state index contributed by atoms with van der Waals surface area (Å²) < 4.78 is 2.84. The van der Waals surface area contributed by atoms with Gasteiger partial charge in [0.1, 0.15) is 11.3 Å². The van der Waals surface area contributed by atoms with E-state index in [0.29, 0.717) is 5.71 Å². The van der Waals surface area contributed by atoms with Gasteiger partial charge in [0.2, 0.25) is 5.60 Å². The Bertz CT molecular complexity index is 2940. The van der Waals surface area contributed by atoms with E-state index in [0.717, 1.165) is 56.1 Å². The lowest BCUT2D eigenvalue weighted by atomic mass is 9.80. The van der Waals surface area contributed by atoms with E-state index in [1.165, 1.54) is 185 Å². The average Bonchev–Trinajstić information content (AvgIpc) is 0.762. The van der Waals surface area contributed by atoms with Gasteiger partial charge < -0.3 is 54.3 Å². The number of nitrogens with zero attached hydrogens (tertiary/aromatic N) is 8. The highest BCUT2D eigenvalue weighted by molar-refractivity contribution is 6.38. The van der Waals surface area contributed by atoms with E-state index in [1.54, 1.807) is 6.92 Å². The lowest BCUT2D eigenvalue weighted by molar-refractivity contribution is -0.929. The minimum absolute atomic E-state index is 0. The molecule has 0 aliphatic carbocycles. The van der Waals surface area contributed by atoms with Crippen LogP contribution in [-0.4, -0.2) is 151 Å². The minimum Gasteiger partial charge on any atom is -0.870 e. The molecule has 6 aromatic rings. The molecule has 14 nitrogen and oxygen atoms in total. The molecule has 6 rings (SSSR count). The Morgan fingerprint density at radius 1 is 0.360 bits per heavy atom. The summed E-state index contributed by atoms with van der Waals surface area (Å²) >= 11 is 0. The first-order valence-corrected chi connectivity index (χ1v) is 37.4. The third kappa shape index (κ3) is 29.7. The second kappa shape index (κ2) is 49.3. The summed E-state index contributed by atoms with van der Waals surface area (Å²) in [6, 6.07) is 52.5. The van der Waals surface area contributed by atoms with Crippen molar-refractivity contribution in [3.8, 4) is 0 Å². The molecule has 0 amide bonds. The molecule has 0 saturated carbocycles. The molecule has 0 saturated heterocycles. The van der Waals surface area contributed by atoms with Crippen LogP contribution in [0.4, 0.5) is 22.7 Å². The van der Waals surface area contributed by atoms with Crippen molar-refractivity contribution in [3.63, 3.8) is 0 Å². The van der Waals surface area contributed by atoms with Gasteiger partial charge >= 0.3 is 0 Å². The molecule has 0 bridgehead atoms. The van der Waals surface area contributed by atoms with E-state index in [1.807, 2.05) is 166 Å². The summed E-state index contributed by atoms with van der Waals surface area (Å²) in [5, 5.41) is 28.0. The molecule has 0 aliphatic heterocycles. The van der Waals surface area contributed by atoms with Crippen molar-refractivity contribution in [1.82, 2.24) is 0 Å². The topological polar surface area (TPSA) is 154 Å². The Labute approximate surface area is 608 Å². The van der Waals surface area contributed by atoms with Gasteiger partial charge in [0.05, 0.1) is 58.1 Å². The predicted molar refractivity (Wildman–Crippen MR) is 431 cm³/mol. The number of aliphatic hydroxyl groups is 1. The van der Waals surface area contributed by atoms with Crippen LogP contribution in [0.15, 0.2) is 168 Å². The Kier molecular flexibility index (Phi) is 44.6. The van der Waals surface area contributed by atoms with Crippen LogP contribution in [0.5, 0.6) is 0 Å². The van der Waals surface area contributed by atoms with Gasteiger partial charge in [-0.25, -0.2) is 0 Å². The van der Waals surface area contributed by atoms with Crippen LogP contribution < -0.4 is 19.6 Å². The zero-order valence-corrected chi connectivity index (χ0v) is 66.1. The second-order valence-electron chi connectivity index (χ2n) is 27.7. The van der Waals surface area contributed by atoms with Crippen molar-refractivity contribution in [2.45, 2.75) is 197 Å². The monoisotopic (exact) mass is 1380 g/mol. The maximum Gasteiger partial charge on any atom is 0.212 e. The molecule has 0 aliphatic rings. The van der Waals surface area contributed by atoms with E-state index in [2.05, 4.69) is 134 Å². The molecular weight excluding hydrogens is 1240 g/mol. The highest BCUT2D eigenvalue weighted by Gasteiger charge is 2.40. The number of hydrogen-bond donors (Lipinski definition) is 1. The fourth-order valence-corrected chi connectivity index (χ4v) is 12.1. The van der Waals surface area contributed by atoms with Crippen molar-refractivity contribution in [3.05, 3.63) is 196 Å². The number of Topliss-reactive ketones (excluding diaryl/α,β-unsaturated/α-hetero) is 2. The third-order valence-corrected chi connectivity index (χ3v) is 18.9. The molecule has 0 unspecified atom stereocenters. The molecule has 100 heavy (non-hydrogen) atoms. The van der Waals surface area contributed by atoms with E-state index in [9.17, 15) is 19.9 Å². The SMILES string of the molecule is CC(=O)/C(C)=N/OC(c1ccccc1)(c1ccc(N(C)C)cc1)c1ccc(N(C)C)cc1.CC(=O)/C(C)=N/[O-].CCCC[N+](CCCC)(CCCC)CCCC.CCCC[N+](CCCC)(CCCC)CCCC.CN(C)c1ccc(C(O)(c2ccccc2)c2ccc(N(C)C)cc2)cc1.[OH-]. The summed E-state index contributed by atoms with van der Waals surface area (Å²) in [6.45, 7) is 35.9. The second-order valence-corrected chi connectivity index (χ2v) is 27.7. The molecule has 0 radical (unpaired) electrons. The lowest BCUT2D eigenvalue weighted by Crippen LogP contribution is -2.50. The normalized spacial score (nSPS) is 11.6. The van der Waals surface area contributed by atoms with Crippen LogP contribution in [0, 0.1) is 5.21 Å². The van der Waals surface area contributed by atoms with Crippen LogP contribution in [-0.2, 0) is 25.6 Å². The Morgan fingerprint density at radius 2 is 0.570 bits per heavy atom. The lowest BCUT2D eigenvalue weighted by Gasteiger charge is -2.39. The zero-order valence-electron chi connectivity index (χ0n) is 66.1. The van der Waals surface area contributed by atoms with Crippen molar-refractivity contribution in [2.75, 3.05) is 128 Å². The molecule has 0 aromatic heterocycles. The molecule has 6 aromatic carbocycles. The van der Waals surface area contributed by atoms with Crippen molar-refractivity contribution >= 4 is 45.7 Å². The number of unbranched alkanes of at least 4 members (excludes halogenated alkanes) is 8. The smallest absolute Gasteiger partial charge is 0.212 e. The number of rotatable bonds is 38. The average molecular weight is 1380 g/mol. The van der Waals surface area contributed by atoms with Crippen LogP contribution in [0.2, 0.25) is 0 Å². The van der Waals surface area contributed by atoms with E-state index in [4.69, 9.17) is 4.84 Å². The van der Waals surface area contributed by atoms with Gasteiger partial charge in [-0.05, 0) is 130 Å². The fraction of sp³-hybridized carbons (Fsp3) is 0.535. The highest BCUT2D eigenvalue weighted by Crippen LogP contribution is 2.42. The molecule has 0 fully saturated rings. The number of benzene rings is 6. The number of quaternary nitrogens is 2. The summed E-state index contributed by atoms with van der Waals surface area (Å²) in [5.74, 6) is -0.395. The minimum atomic E-state index is -1.20. The number of ketones is 2. The number of carbonyl (C=O) groups is 2. The van der Waals surface area contributed by atoms with Crippen molar-refractivity contribution in [1.29, 1.82) is 0 Å².